The van der Waals surface area contributed by atoms with Crippen molar-refractivity contribution in [1.82, 2.24) is 0 Å². The molecule has 0 spiro atoms. The van der Waals surface area contributed by atoms with E-state index in [1.54, 1.807) is 0 Å². The molecule has 4 nitrogen and oxygen atoms in total. The molecule has 7 heteroatoms. The number of anilines is 2. The van der Waals surface area contributed by atoms with Crippen molar-refractivity contribution in [3.8, 4) is 0 Å². The van der Waals surface area contributed by atoms with E-state index < -0.39 is 23.5 Å². The maximum absolute atomic E-state index is 12.3. The number of nitrogens with two attached hydrogens (primary N) is 2. The van der Waals surface area contributed by atoms with E-state index in [0.717, 1.165) is 12.1 Å². The molecule has 82 valence electrons. The van der Waals surface area contributed by atoms with Crippen LogP contribution in [0.1, 0.15) is 5.56 Å². The van der Waals surface area contributed by atoms with Crippen molar-refractivity contribution in [2.75, 3.05) is 11.1 Å². The minimum Gasteiger partial charge on any atom is -0.398 e. The number of urea groups is 1. The van der Waals surface area contributed by atoms with Gasteiger partial charge in [0.2, 0.25) is 0 Å². The summed E-state index contributed by atoms with van der Waals surface area (Å²) in [5.41, 5.74) is 8.44. The third-order valence-corrected chi connectivity index (χ3v) is 1.63. The zero-order chi connectivity index (χ0) is 11.6. The molecule has 0 saturated heterocycles. The molecule has 1 rings (SSSR count). The Morgan fingerprint density at radius 1 is 1.33 bits per heavy atom. The molecule has 1 aromatic rings. The minimum absolute atomic E-state index is 0.0518. The maximum Gasteiger partial charge on any atom is 0.418 e. The fourth-order valence-corrected chi connectivity index (χ4v) is 1.02. The summed E-state index contributed by atoms with van der Waals surface area (Å²) in [4.78, 5) is 10.4. The topological polar surface area (TPSA) is 81.1 Å². The number of alkyl halides is 3. The molecule has 0 saturated carbocycles. The number of carbonyl (C=O) groups is 1. The molecule has 0 aliphatic heterocycles. The Kier molecular flexibility index (Phi) is 2.74. The normalized spacial score (nSPS) is 11.1. The first-order valence-corrected chi connectivity index (χ1v) is 3.84. The molecule has 15 heavy (non-hydrogen) atoms. The lowest BCUT2D eigenvalue weighted by atomic mass is 10.1. The van der Waals surface area contributed by atoms with Crippen LogP contribution < -0.4 is 16.8 Å². The number of rotatable bonds is 1. The highest BCUT2D eigenvalue weighted by atomic mass is 19.4. The first-order valence-electron chi connectivity index (χ1n) is 3.84. The molecule has 0 aliphatic carbocycles. The van der Waals surface area contributed by atoms with E-state index in [1.165, 1.54) is 6.07 Å². The summed E-state index contributed by atoms with van der Waals surface area (Å²) in [5.74, 6) is 0. The van der Waals surface area contributed by atoms with Crippen LogP contribution in [0.4, 0.5) is 29.3 Å². The molecule has 0 fully saturated rings. The number of carbonyl (C=O) groups excluding carboxylic acids is 1. The molecule has 0 bridgehead atoms. The summed E-state index contributed by atoms with van der Waals surface area (Å²) >= 11 is 0. The number of benzene rings is 1. The average Bonchev–Trinajstić information content (AvgIpc) is 2.05. The van der Waals surface area contributed by atoms with Gasteiger partial charge in [0.05, 0.1) is 5.56 Å². The molecule has 0 aromatic heterocycles. The lowest BCUT2D eigenvalue weighted by molar-refractivity contribution is -0.136. The number of nitrogens with one attached hydrogen (secondary N) is 1. The second kappa shape index (κ2) is 3.68. The smallest absolute Gasteiger partial charge is 0.398 e. The van der Waals surface area contributed by atoms with Gasteiger partial charge in [-0.15, -0.1) is 0 Å². The third-order valence-electron chi connectivity index (χ3n) is 1.63. The van der Waals surface area contributed by atoms with Crippen molar-refractivity contribution in [3.05, 3.63) is 23.8 Å². The maximum atomic E-state index is 12.3. The number of hydrogen-bond acceptors (Lipinski definition) is 2. The van der Waals surface area contributed by atoms with Crippen LogP contribution in [0.2, 0.25) is 0 Å². The van der Waals surface area contributed by atoms with E-state index in [9.17, 15) is 18.0 Å². The van der Waals surface area contributed by atoms with Gasteiger partial charge in [-0.25, -0.2) is 4.79 Å². The Hall–Kier alpha value is -1.92. The Morgan fingerprint density at radius 2 is 1.93 bits per heavy atom. The van der Waals surface area contributed by atoms with E-state index in [1.807, 2.05) is 5.32 Å². The van der Waals surface area contributed by atoms with Crippen molar-refractivity contribution in [3.63, 3.8) is 0 Å². The van der Waals surface area contributed by atoms with Crippen LogP contribution in [-0.2, 0) is 6.18 Å². The largest absolute Gasteiger partial charge is 0.418 e. The summed E-state index contributed by atoms with van der Waals surface area (Å²) in [7, 11) is 0. The Balaban J connectivity index is 3.11. The van der Waals surface area contributed by atoms with Gasteiger partial charge in [0.1, 0.15) is 0 Å². The summed E-state index contributed by atoms with van der Waals surface area (Å²) in [6.45, 7) is 0. The number of amides is 2. The fourth-order valence-electron chi connectivity index (χ4n) is 1.02. The van der Waals surface area contributed by atoms with Gasteiger partial charge in [-0.3, -0.25) is 0 Å². The Morgan fingerprint density at radius 3 is 2.40 bits per heavy atom. The highest BCUT2D eigenvalue weighted by molar-refractivity contribution is 5.88. The Labute approximate surface area is 83.0 Å². The van der Waals surface area contributed by atoms with E-state index in [0.29, 0.717) is 0 Å². The van der Waals surface area contributed by atoms with Crippen LogP contribution in [0, 0.1) is 0 Å². The highest BCUT2D eigenvalue weighted by Gasteiger charge is 2.33. The molecule has 0 atom stereocenters. The van der Waals surface area contributed by atoms with Crippen molar-refractivity contribution in [2.45, 2.75) is 6.18 Å². The summed E-state index contributed by atoms with van der Waals surface area (Å²) in [6.07, 6.45) is -4.56. The van der Waals surface area contributed by atoms with E-state index in [-0.39, 0.29) is 5.69 Å². The minimum atomic E-state index is -4.56. The van der Waals surface area contributed by atoms with Crippen molar-refractivity contribution in [2.24, 2.45) is 5.73 Å². The van der Waals surface area contributed by atoms with E-state index >= 15 is 0 Å². The SMILES string of the molecule is NC(=O)Nc1ccc(N)c(C(F)(F)F)c1. The molecule has 5 N–H and O–H groups in total. The van der Waals surface area contributed by atoms with Gasteiger partial charge in [-0.05, 0) is 18.2 Å². The van der Waals surface area contributed by atoms with Crippen LogP contribution in [0.15, 0.2) is 18.2 Å². The predicted molar refractivity (Wildman–Crippen MR) is 49.1 cm³/mol. The zero-order valence-corrected chi connectivity index (χ0v) is 7.43. The van der Waals surface area contributed by atoms with Crippen molar-refractivity contribution in [1.29, 1.82) is 0 Å². The predicted octanol–water partition coefficient (Wildman–Crippen LogP) is 1.78. The Bertz CT molecular complexity index is 389. The number of primary amides is 1. The van der Waals surface area contributed by atoms with E-state index in [2.05, 4.69) is 0 Å². The monoisotopic (exact) mass is 219 g/mol. The van der Waals surface area contributed by atoms with Gasteiger partial charge in [-0.2, -0.15) is 13.2 Å². The van der Waals surface area contributed by atoms with Crippen LogP contribution in [0.5, 0.6) is 0 Å². The molecule has 0 aliphatic rings. The summed E-state index contributed by atoms with van der Waals surface area (Å²) in [5, 5.41) is 2.03. The average molecular weight is 219 g/mol. The van der Waals surface area contributed by atoms with Crippen LogP contribution >= 0.6 is 0 Å². The molecule has 2 amide bonds. The fraction of sp³-hybridized carbons (Fsp3) is 0.125. The van der Waals surface area contributed by atoms with Gasteiger partial charge in [0, 0.05) is 11.4 Å². The van der Waals surface area contributed by atoms with Crippen molar-refractivity contribution >= 4 is 17.4 Å². The molecular weight excluding hydrogens is 211 g/mol. The van der Waals surface area contributed by atoms with Crippen LogP contribution in [0.3, 0.4) is 0 Å². The number of halogens is 3. The lowest BCUT2D eigenvalue weighted by Gasteiger charge is -2.11. The highest BCUT2D eigenvalue weighted by Crippen LogP contribution is 2.34. The van der Waals surface area contributed by atoms with E-state index in [4.69, 9.17) is 11.5 Å². The number of hydrogen-bond donors (Lipinski definition) is 3. The van der Waals surface area contributed by atoms with Gasteiger partial charge in [0.25, 0.3) is 0 Å². The van der Waals surface area contributed by atoms with Gasteiger partial charge < -0.3 is 16.8 Å². The van der Waals surface area contributed by atoms with Crippen LogP contribution in [0.25, 0.3) is 0 Å². The first kappa shape index (κ1) is 11.2. The number of nitrogen functional groups attached to an aromatic ring is 1. The van der Waals surface area contributed by atoms with Gasteiger partial charge >= 0.3 is 12.2 Å². The second-order valence-corrected chi connectivity index (χ2v) is 2.79. The zero-order valence-electron chi connectivity index (χ0n) is 7.43. The summed E-state index contributed by atoms with van der Waals surface area (Å²) < 4.78 is 37.0. The van der Waals surface area contributed by atoms with Gasteiger partial charge in [-0.1, -0.05) is 0 Å². The van der Waals surface area contributed by atoms with Gasteiger partial charge in [0.15, 0.2) is 0 Å². The quantitative estimate of drug-likeness (QED) is 0.629. The molecular formula is C8H8F3N3O. The molecule has 0 heterocycles. The molecule has 1 aromatic carbocycles. The molecule has 0 radical (unpaired) electrons. The lowest BCUT2D eigenvalue weighted by Crippen LogP contribution is -2.20. The summed E-state index contributed by atoms with van der Waals surface area (Å²) in [6, 6.07) is 2.07. The first-order chi connectivity index (χ1) is 6.80. The third kappa shape index (κ3) is 2.76. The second-order valence-electron chi connectivity index (χ2n) is 2.79. The van der Waals surface area contributed by atoms with Crippen molar-refractivity contribution < 1.29 is 18.0 Å². The molecule has 0 unspecified atom stereocenters. The standard InChI is InChI=1S/C8H8F3N3O/c9-8(10,11)5-3-4(14-7(13)15)1-2-6(5)12/h1-3H,12H2,(H3,13,14,15). The van der Waals surface area contributed by atoms with Crippen LogP contribution in [-0.4, -0.2) is 6.03 Å².